The highest BCUT2D eigenvalue weighted by Crippen LogP contribution is 2.30. The zero-order valence-electron chi connectivity index (χ0n) is 15.3. The van der Waals surface area contributed by atoms with Gasteiger partial charge >= 0.3 is 0 Å². The van der Waals surface area contributed by atoms with Gasteiger partial charge in [0.2, 0.25) is 10.0 Å². The van der Waals surface area contributed by atoms with Gasteiger partial charge in [-0.25, -0.2) is 17.7 Å². The van der Waals surface area contributed by atoms with Crippen LogP contribution >= 0.6 is 55.8 Å². The second-order valence-corrected chi connectivity index (χ2v) is 10.2. The number of hydrogen-bond donors (Lipinski definition) is 0. The van der Waals surface area contributed by atoms with Crippen molar-refractivity contribution in [2.75, 3.05) is 14.1 Å². The van der Waals surface area contributed by atoms with Gasteiger partial charge in [0.1, 0.15) is 4.90 Å². The molecule has 0 saturated carbocycles. The van der Waals surface area contributed by atoms with E-state index in [0.717, 1.165) is 30.5 Å². The van der Waals surface area contributed by atoms with Crippen molar-refractivity contribution in [3.8, 4) is 11.3 Å². The average molecular weight is 568 g/mol. The molecule has 0 aliphatic carbocycles. The van der Waals surface area contributed by atoms with Gasteiger partial charge in [-0.3, -0.25) is 0 Å². The van der Waals surface area contributed by atoms with Crippen LogP contribution in [0.15, 0.2) is 62.2 Å². The van der Waals surface area contributed by atoms with Crippen LogP contribution in [0.3, 0.4) is 0 Å². The van der Waals surface area contributed by atoms with E-state index in [2.05, 4.69) is 20.9 Å². The summed E-state index contributed by atoms with van der Waals surface area (Å²) < 4.78 is 29.0. The first kappa shape index (κ1) is 23.3. The van der Waals surface area contributed by atoms with E-state index in [0.29, 0.717) is 0 Å². The Morgan fingerprint density at radius 1 is 1.18 bits per heavy atom. The number of halogens is 3. The smallest absolute Gasteiger partial charge is 0.244 e. The van der Waals surface area contributed by atoms with Gasteiger partial charge < -0.3 is 4.57 Å². The van der Waals surface area contributed by atoms with E-state index in [1.165, 1.54) is 25.4 Å². The first-order valence-corrected chi connectivity index (χ1v) is 11.4. The largest absolute Gasteiger partial charge is 0.320 e. The maximum Gasteiger partial charge on any atom is 0.244 e. The topological polar surface area (TPSA) is 54.7 Å². The normalized spacial score (nSPS) is 12.3. The van der Waals surface area contributed by atoms with Crippen LogP contribution in [0, 0.1) is 0 Å². The standard InChI is InChI=1S/C18H17BrClN3O2S2.BrH/c1-22(2)27(24,25)17-10-12(8-9-14(17)20)16-11-26-18(23(16)3)21-15-7-5-4-6-13(15)19;/h4-11H,1-3H3;1H/b21-18+;. The summed E-state index contributed by atoms with van der Waals surface area (Å²) in [5, 5.41) is 2.15. The van der Waals surface area contributed by atoms with Crippen LogP contribution in [-0.4, -0.2) is 31.4 Å². The van der Waals surface area contributed by atoms with Crippen LogP contribution in [0.4, 0.5) is 5.69 Å². The van der Waals surface area contributed by atoms with Gasteiger partial charge in [-0.15, -0.1) is 28.3 Å². The minimum atomic E-state index is -3.63. The molecule has 10 heteroatoms. The fourth-order valence-corrected chi connectivity index (χ4v) is 5.12. The highest BCUT2D eigenvalue weighted by atomic mass is 79.9. The molecule has 1 heterocycles. The summed E-state index contributed by atoms with van der Waals surface area (Å²) in [6.07, 6.45) is 0. The quantitative estimate of drug-likeness (QED) is 0.434. The van der Waals surface area contributed by atoms with Crippen LogP contribution < -0.4 is 4.80 Å². The third kappa shape index (κ3) is 4.60. The molecule has 0 spiro atoms. The molecule has 0 unspecified atom stereocenters. The van der Waals surface area contributed by atoms with Gasteiger partial charge in [-0.2, -0.15) is 0 Å². The first-order chi connectivity index (χ1) is 12.7. The van der Waals surface area contributed by atoms with Crippen molar-refractivity contribution in [2.45, 2.75) is 4.90 Å². The zero-order valence-corrected chi connectivity index (χ0v) is 20.9. The van der Waals surface area contributed by atoms with Crippen molar-refractivity contribution in [2.24, 2.45) is 12.0 Å². The van der Waals surface area contributed by atoms with E-state index in [9.17, 15) is 8.42 Å². The summed E-state index contributed by atoms with van der Waals surface area (Å²) in [5.41, 5.74) is 2.44. The molecule has 5 nitrogen and oxygen atoms in total. The molecule has 0 amide bonds. The van der Waals surface area contributed by atoms with Crippen molar-refractivity contribution in [3.05, 3.63) is 62.1 Å². The maximum atomic E-state index is 12.5. The van der Waals surface area contributed by atoms with Gasteiger partial charge in [0, 0.05) is 36.6 Å². The minimum Gasteiger partial charge on any atom is -0.320 e. The number of benzene rings is 2. The van der Waals surface area contributed by atoms with Gasteiger partial charge in [-0.05, 0) is 40.2 Å². The minimum absolute atomic E-state index is 0. The Hall–Kier alpha value is -0.970. The summed E-state index contributed by atoms with van der Waals surface area (Å²) in [6.45, 7) is 0. The van der Waals surface area contributed by atoms with E-state index in [1.807, 2.05) is 41.3 Å². The van der Waals surface area contributed by atoms with Crippen LogP contribution in [0.2, 0.25) is 5.02 Å². The van der Waals surface area contributed by atoms with E-state index in [-0.39, 0.29) is 26.9 Å². The van der Waals surface area contributed by atoms with Crippen molar-refractivity contribution in [3.63, 3.8) is 0 Å². The molecule has 1 aromatic heterocycles. The lowest BCUT2D eigenvalue weighted by Gasteiger charge is -2.14. The Labute approximate surface area is 192 Å². The number of sulfonamides is 1. The van der Waals surface area contributed by atoms with Crippen LogP contribution in [0.1, 0.15) is 0 Å². The van der Waals surface area contributed by atoms with Gasteiger partial charge in [-0.1, -0.05) is 29.8 Å². The summed E-state index contributed by atoms with van der Waals surface area (Å²) in [5.74, 6) is 0. The van der Waals surface area contributed by atoms with Crippen LogP contribution in [0.25, 0.3) is 11.3 Å². The lowest BCUT2D eigenvalue weighted by molar-refractivity contribution is 0.521. The second-order valence-electron chi connectivity index (χ2n) is 5.96. The molecule has 0 atom stereocenters. The van der Waals surface area contributed by atoms with Crippen molar-refractivity contribution in [1.82, 2.24) is 8.87 Å². The van der Waals surface area contributed by atoms with Gasteiger partial charge in [0.25, 0.3) is 0 Å². The summed E-state index contributed by atoms with van der Waals surface area (Å²) >= 11 is 11.1. The van der Waals surface area contributed by atoms with E-state index >= 15 is 0 Å². The Morgan fingerprint density at radius 2 is 1.86 bits per heavy atom. The molecular weight excluding hydrogens is 550 g/mol. The SMILES string of the molecule is Br.CN(C)S(=O)(=O)c1cc(-c2cs/c(=N/c3ccccc3Br)n2C)ccc1Cl. The van der Waals surface area contributed by atoms with Crippen molar-refractivity contribution in [1.29, 1.82) is 0 Å². The molecule has 0 radical (unpaired) electrons. The van der Waals surface area contributed by atoms with Crippen LogP contribution in [-0.2, 0) is 17.1 Å². The lowest BCUT2D eigenvalue weighted by atomic mass is 10.2. The lowest BCUT2D eigenvalue weighted by Crippen LogP contribution is -2.22. The van der Waals surface area contributed by atoms with Crippen molar-refractivity contribution < 1.29 is 8.42 Å². The Morgan fingerprint density at radius 3 is 2.50 bits per heavy atom. The molecule has 3 aromatic rings. The summed E-state index contributed by atoms with van der Waals surface area (Å²) in [6, 6.07) is 12.7. The zero-order chi connectivity index (χ0) is 19.8. The van der Waals surface area contributed by atoms with E-state index < -0.39 is 10.0 Å². The fraction of sp³-hybridized carbons (Fsp3) is 0.167. The summed E-state index contributed by atoms with van der Waals surface area (Å²) in [4.78, 5) is 5.57. The molecule has 0 saturated heterocycles. The number of nitrogens with zero attached hydrogens (tertiary/aromatic N) is 3. The summed E-state index contributed by atoms with van der Waals surface area (Å²) in [7, 11) is 1.23. The third-order valence-electron chi connectivity index (χ3n) is 3.98. The molecule has 3 rings (SSSR count). The Balaban J connectivity index is 0.00000280. The monoisotopic (exact) mass is 565 g/mol. The Bertz CT molecular complexity index is 1170. The first-order valence-electron chi connectivity index (χ1n) is 7.88. The van der Waals surface area contributed by atoms with Crippen LogP contribution in [0.5, 0.6) is 0 Å². The molecular formula is C18H18Br2ClN3O2S2. The molecule has 150 valence electrons. The molecule has 0 N–H and O–H groups in total. The molecule has 2 aromatic carbocycles. The second kappa shape index (κ2) is 9.23. The van der Waals surface area contributed by atoms with E-state index in [4.69, 9.17) is 11.6 Å². The number of thiazole rings is 1. The molecule has 0 aliphatic heterocycles. The van der Waals surface area contributed by atoms with Gasteiger partial charge in [0.05, 0.1) is 16.4 Å². The highest BCUT2D eigenvalue weighted by Gasteiger charge is 2.22. The highest BCUT2D eigenvalue weighted by molar-refractivity contribution is 9.10. The number of para-hydroxylation sites is 1. The van der Waals surface area contributed by atoms with Crippen molar-refractivity contribution >= 4 is 71.6 Å². The predicted molar refractivity (Wildman–Crippen MR) is 124 cm³/mol. The van der Waals surface area contributed by atoms with E-state index in [1.54, 1.807) is 18.2 Å². The average Bonchev–Trinajstić information content (AvgIpc) is 2.98. The number of rotatable bonds is 4. The third-order valence-corrected chi connectivity index (χ3v) is 7.86. The molecule has 0 bridgehead atoms. The molecule has 0 fully saturated rings. The number of aromatic nitrogens is 1. The van der Waals surface area contributed by atoms with Gasteiger partial charge in [0.15, 0.2) is 4.80 Å². The fourth-order valence-electron chi connectivity index (χ4n) is 2.44. The molecule has 28 heavy (non-hydrogen) atoms. The number of hydrogen-bond acceptors (Lipinski definition) is 4. The maximum absolute atomic E-state index is 12.5. The molecule has 0 aliphatic rings. The predicted octanol–water partition coefficient (Wildman–Crippen LogP) is 5.23. The Kier molecular flexibility index (Phi) is 7.69.